The molecule has 3 aromatic carbocycles. The van der Waals surface area contributed by atoms with Gasteiger partial charge in [0.1, 0.15) is 0 Å². The van der Waals surface area contributed by atoms with Gasteiger partial charge in [0, 0.05) is 22.0 Å². The molecule has 5 nitrogen and oxygen atoms in total. The molecule has 1 amide bonds. The van der Waals surface area contributed by atoms with Gasteiger partial charge >= 0.3 is 0 Å². The van der Waals surface area contributed by atoms with E-state index in [9.17, 15) is 4.79 Å². The molecule has 1 heterocycles. The molecular weight excluding hydrogens is 452 g/mol. The van der Waals surface area contributed by atoms with Crippen molar-refractivity contribution in [3.05, 3.63) is 87.9 Å². The minimum Gasteiger partial charge on any atom is -0.325 e. The number of nitrogens with one attached hydrogen (secondary N) is 1. The van der Waals surface area contributed by atoms with E-state index in [0.717, 1.165) is 33.6 Å². The minimum atomic E-state index is -0.0816. The first-order valence-corrected chi connectivity index (χ1v) is 12.0. The molecule has 0 radical (unpaired) electrons. The van der Waals surface area contributed by atoms with Crippen molar-refractivity contribution >= 4 is 35.0 Å². The quantitative estimate of drug-likeness (QED) is 0.320. The number of nitrogens with zero attached hydrogens (tertiary/aromatic N) is 3. The van der Waals surface area contributed by atoms with Crippen LogP contribution in [0.25, 0.3) is 17.1 Å². The zero-order chi connectivity index (χ0) is 23.5. The van der Waals surface area contributed by atoms with Crippen LogP contribution in [-0.4, -0.2) is 26.4 Å². The monoisotopic (exact) mass is 476 g/mol. The third-order valence-electron chi connectivity index (χ3n) is 5.27. The third kappa shape index (κ3) is 5.29. The molecular formula is C26H25ClN4OS. The largest absolute Gasteiger partial charge is 0.325 e. The number of hydrogen-bond acceptors (Lipinski definition) is 4. The molecule has 7 heteroatoms. The number of carbonyl (C=O) groups is 1. The average Bonchev–Trinajstić information content (AvgIpc) is 3.19. The number of thioether (sulfide) groups is 1. The summed E-state index contributed by atoms with van der Waals surface area (Å²) in [6.45, 7) is 8.12. The minimum absolute atomic E-state index is 0.0816. The summed E-state index contributed by atoms with van der Waals surface area (Å²) in [7, 11) is 0. The molecule has 168 valence electrons. The number of anilines is 1. The Morgan fingerprint density at radius 1 is 0.939 bits per heavy atom. The second-order valence-electron chi connectivity index (χ2n) is 8.10. The molecule has 0 saturated heterocycles. The fourth-order valence-electron chi connectivity index (χ4n) is 3.83. The zero-order valence-corrected chi connectivity index (χ0v) is 20.6. The topological polar surface area (TPSA) is 59.8 Å². The van der Waals surface area contributed by atoms with Crippen LogP contribution >= 0.6 is 23.4 Å². The summed E-state index contributed by atoms with van der Waals surface area (Å²) in [6, 6.07) is 19.8. The first-order chi connectivity index (χ1) is 15.8. The molecule has 4 rings (SSSR count). The highest BCUT2D eigenvalue weighted by Gasteiger charge is 2.18. The lowest BCUT2D eigenvalue weighted by Crippen LogP contribution is -2.16. The average molecular weight is 477 g/mol. The molecule has 0 spiro atoms. The van der Waals surface area contributed by atoms with Crippen molar-refractivity contribution in [3.8, 4) is 17.1 Å². The van der Waals surface area contributed by atoms with Gasteiger partial charge in [-0.3, -0.25) is 9.36 Å². The van der Waals surface area contributed by atoms with E-state index in [1.807, 2.05) is 67.8 Å². The molecule has 0 fully saturated rings. The van der Waals surface area contributed by atoms with Crippen molar-refractivity contribution < 1.29 is 4.79 Å². The molecule has 0 atom stereocenters. The molecule has 0 aliphatic carbocycles. The zero-order valence-electron chi connectivity index (χ0n) is 19.0. The summed E-state index contributed by atoms with van der Waals surface area (Å²) < 4.78 is 1.98. The third-order valence-corrected chi connectivity index (χ3v) is 6.45. The number of hydrogen-bond donors (Lipinski definition) is 1. The standard InChI is InChI=1S/C26H25ClN4OS/c1-16-6-5-7-22(14-16)31-25(20-8-10-21(27)11-9-20)29-30-26(31)33-15-23(32)28-24-18(3)12-17(2)13-19(24)4/h5-14H,15H2,1-4H3,(H,28,32). The Hall–Kier alpha value is -3.09. The van der Waals surface area contributed by atoms with Crippen LogP contribution in [0.4, 0.5) is 5.69 Å². The van der Waals surface area contributed by atoms with E-state index in [4.69, 9.17) is 11.6 Å². The molecule has 1 aromatic heterocycles. The van der Waals surface area contributed by atoms with Gasteiger partial charge in [0.2, 0.25) is 5.91 Å². The van der Waals surface area contributed by atoms with Crippen LogP contribution in [0.1, 0.15) is 22.3 Å². The predicted octanol–water partition coefficient (Wildman–Crippen LogP) is 6.55. The van der Waals surface area contributed by atoms with E-state index in [-0.39, 0.29) is 11.7 Å². The highest BCUT2D eigenvalue weighted by atomic mass is 35.5. The van der Waals surface area contributed by atoms with Gasteiger partial charge in [-0.15, -0.1) is 10.2 Å². The van der Waals surface area contributed by atoms with Crippen molar-refractivity contribution in [1.29, 1.82) is 0 Å². The summed E-state index contributed by atoms with van der Waals surface area (Å²) in [5.41, 5.74) is 7.13. The molecule has 0 aliphatic rings. The summed E-state index contributed by atoms with van der Waals surface area (Å²) in [5, 5.41) is 13.2. The van der Waals surface area contributed by atoms with Gasteiger partial charge in [-0.05, 0) is 80.8 Å². The lowest BCUT2D eigenvalue weighted by molar-refractivity contribution is -0.113. The van der Waals surface area contributed by atoms with E-state index in [1.165, 1.54) is 17.3 Å². The Morgan fingerprint density at radius 2 is 1.64 bits per heavy atom. The summed E-state index contributed by atoms with van der Waals surface area (Å²) in [6.07, 6.45) is 0. The molecule has 33 heavy (non-hydrogen) atoms. The number of amides is 1. The van der Waals surface area contributed by atoms with Gasteiger partial charge in [-0.25, -0.2) is 0 Å². The van der Waals surface area contributed by atoms with Gasteiger partial charge in [-0.2, -0.15) is 0 Å². The Balaban J connectivity index is 1.61. The number of rotatable bonds is 6. The second-order valence-corrected chi connectivity index (χ2v) is 9.48. The molecule has 4 aromatic rings. The van der Waals surface area contributed by atoms with Gasteiger partial charge in [0.05, 0.1) is 5.75 Å². The first kappa shape index (κ1) is 23.1. The number of aromatic nitrogens is 3. The van der Waals surface area contributed by atoms with Gasteiger partial charge in [0.15, 0.2) is 11.0 Å². The first-order valence-electron chi connectivity index (χ1n) is 10.6. The normalized spacial score (nSPS) is 10.9. The van der Waals surface area contributed by atoms with Crippen molar-refractivity contribution in [2.45, 2.75) is 32.9 Å². The van der Waals surface area contributed by atoms with Crippen LogP contribution in [0, 0.1) is 27.7 Å². The molecule has 0 unspecified atom stereocenters. The predicted molar refractivity (Wildman–Crippen MR) is 137 cm³/mol. The molecule has 0 saturated carbocycles. The lowest BCUT2D eigenvalue weighted by Gasteiger charge is -2.13. The van der Waals surface area contributed by atoms with Crippen LogP contribution in [0.2, 0.25) is 5.02 Å². The Morgan fingerprint density at radius 3 is 2.30 bits per heavy atom. The van der Waals surface area contributed by atoms with E-state index in [1.54, 1.807) is 0 Å². The Labute approximate surface area is 203 Å². The highest BCUT2D eigenvalue weighted by Crippen LogP contribution is 2.29. The van der Waals surface area contributed by atoms with Gasteiger partial charge < -0.3 is 5.32 Å². The fraction of sp³-hybridized carbons (Fsp3) is 0.192. The fourth-order valence-corrected chi connectivity index (χ4v) is 4.71. The van der Waals surface area contributed by atoms with Gasteiger partial charge in [0.25, 0.3) is 0 Å². The van der Waals surface area contributed by atoms with Crippen molar-refractivity contribution in [2.75, 3.05) is 11.1 Å². The smallest absolute Gasteiger partial charge is 0.234 e. The maximum absolute atomic E-state index is 12.8. The molecule has 0 aliphatic heterocycles. The van der Waals surface area contributed by atoms with Crippen LogP contribution in [0.5, 0.6) is 0 Å². The maximum atomic E-state index is 12.8. The SMILES string of the molecule is Cc1cccc(-n2c(SCC(=O)Nc3c(C)cc(C)cc3C)nnc2-c2ccc(Cl)cc2)c1. The van der Waals surface area contributed by atoms with Crippen molar-refractivity contribution in [2.24, 2.45) is 0 Å². The molecule has 1 N–H and O–H groups in total. The van der Waals surface area contributed by atoms with E-state index < -0.39 is 0 Å². The summed E-state index contributed by atoms with van der Waals surface area (Å²) in [4.78, 5) is 12.8. The summed E-state index contributed by atoms with van der Waals surface area (Å²) in [5.74, 6) is 0.837. The number of aryl methyl sites for hydroxylation is 4. The van der Waals surface area contributed by atoms with Crippen LogP contribution in [0.15, 0.2) is 65.8 Å². The lowest BCUT2D eigenvalue weighted by atomic mass is 10.1. The number of carbonyl (C=O) groups excluding carboxylic acids is 1. The van der Waals surface area contributed by atoms with E-state index in [0.29, 0.717) is 16.0 Å². The summed E-state index contributed by atoms with van der Waals surface area (Å²) >= 11 is 7.43. The van der Waals surface area contributed by atoms with Crippen molar-refractivity contribution in [3.63, 3.8) is 0 Å². The Bertz CT molecular complexity index is 1290. The Kier molecular flexibility index (Phi) is 6.86. The highest BCUT2D eigenvalue weighted by molar-refractivity contribution is 7.99. The number of benzene rings is 3. The van der Waals surface area contributed by atoms with E-state index in [2.05, 4.69) is 40.6 Å². The van der Waals surface area contributed by atoms with Gasteiger partial charge in [-0.1, -0.05) is 53.2 Å². The van der Waals surface area contributed by atoms with Crippen LogP contribution in [0.3, 0.4) is 0 Å². The maximum Gasteiger partial charge on any atom is 0.234 e. The van der Waals surface area contributed by atoms with E-state index >= 15 is 0 Å². The van der Waals surface area contributed by atoms with Crippen LogP contribution in [-0.2, 0) is 4.79 Å². The van der Waals surface area contributed by atoms with Crippen molar-refractivity contribution in [1.82, 2.24) is 14.8 Å². The molecule has 0 bridgehead atoms. The second kappa shape index (κ2) is 9.81. The number of halogens is 1. The van der Waals surface area contributed by atoms with Crippen LogP contribution < -0.4 is 5.32 Å².